The average Bonchev–Trinajstić information content (AvgIpc) is 2.84. The summed E-state index contributed by atoms with van der Waals surface area (Å²) < 4.78 is 5.32. The highest BCUT2D eigenvalue weighted by molar-refractivity contribution is 5.86. The molecule has 1 unspecified atom stereocenters. The number of carbonyl (C=O) groups is 2. The van der Waals surface area contributed by atoms with Crippen LogP contribution in [0.2, 0.25) is 0 Å². The van der Waals surface area contributed by atoms with E-state index in [0.717, 1.165) is 32.8 Å². The van der Waals surface area contributed by atoms with Crippen molar-refractivity contribution in [2.75, 3.05) is 45.9 Å². The van der Waals surface area contributed by atoms with E-state index in [9.17, 15) is 9.59 Å². The zero-order valence-corrected chi connectivity index (χ0v) is 17.0. The summed E-state index contributed by atoms with van der Waals surface area (Å²) in [4.78, 5) is 28.4. The first-order valence-corrected chi connectivity index (χ1v) is 8.41. The Labute approximate surface area is 162 Å². The standard InChI is InChI=1S/C16H30N4O3.2ClH/c1-16(2,3)14(17)15(22)18-12-10-13(21)20(11-12)5-4-19-6-8-23-9-7-19;;/h12,14H,4-11,17H2,1-3H3,(H,18,22);2*1H/t12?,14-;;/m1../s1. The third-order valence-electron chi connectivity index (χ3n) is 4.57. The van der Waals surface area contributed by atoms with E-state index in [1.807, 2.05) is 25.7 Å². The highest BCUT2D eigenvalue weighted by Gasteiger charge is 2.34. The second-order valence-corrected chi connectivity index (χ2v) is 7.55. The van der Waals surface area contributed by atoms with E-state index in [-0.39, 0.29) is 48.1 Å². The van der Waals surface area contributed by atoms with Crippen LogP contribution in [-0.2, 0) is 14.3 Å². The van der Waals surface area contributed by atoms with Crippen molar-refractivity contribution in [3.05, 3.63) is 0 Å². The molecule has 0 bridgehead atoms. The minimum atomic E-state index is -0.569. The number of hydrogen-bond donors (Lipinski definition) is 2. The second-order valence-electron chi connectivity index (χ2n) is 7.55. The Balaban J connectivity index is 0.00000288. The first-order valence-electron chi connectivity index (χ1n) is 8.41. The molecule has 7 nitrogen and oxygen atoms in total. The minimum absolute atomic E-state index is 0. The van der Waals surface area contributed by atoms with E-state index in [2.05, 4.69) is 10.2 Å². The van der Waals surface area contributed by atoms with Crippen molar-refractivity contribution in [2.45, 2.75) is 39.3 Å². The molecule has 2 saturated heterocycles. The van der Waals surface area contributed by atoms with Crippen molar-refractivity contribution >= 4 is 36.6 Å². The zero-order valence-electron chi connectivity index (χ0n) is 15.3. The molecule has 0 radical (unpaired) electrons. The summed E-state index contributed by atoms with van der Waals surface area (Å²) in [7, 11) is 0. The van der Waals surface area contributed by atoms with Gasteiger partial charge in [-0.15, -0.1) is 24.8 Å². The normalized spacial score (nSPS) is 22.8. The first kappa shape index (κ1) is 24.4. The van der Waals surface area contributed by atoms with E-state index in [1.165, 1.54) is 0 Å². The Morgan fingerprint density at radius 3 is 2.44 bits per heavy atom. The van der Waals surface area contributed by atoms with E-state index in [4.69, 9.17) is 10.5 Å². The SMILES string of the molecule is CC(C)(C)[C@H](N)C(=O)NC1CC(=O)N(CCN2CCOCC2)C1.Cl.Cl. The van der Waals surface area contributed by atoms with Crippen LogP contribution in [0.5, 0.6) is 0 Å². The molecular weight excluding hydrogens is 367 g/mol. The lowest BCUT2D eigenvalue weighted by Crippen LogP contribution is -2.52. The number of nitrogens with zero attached hydrogens (tertiary/aromatic N) is 2. The van der Waals surface area contributed by atoms with Crippen molar-refractivity contribution in [2.24, 2.45) is 11.1 Å². The number of halogens is 2. The molecule has 2 aliphatic heterocycles. The maximum atomic E-state index is 12.2. The Morgan fingerprint density at radius 1 is 1.28 bits per heavy atom. The fraction of sp³-hybridized carbons (Fsp3) is 0.875. The number of nitrogens with one attached hydrogen (secondary N) is 1. The lowest BCUT2D eigenvalue weighted by Gasteiger charge is -2.29. The number of carbonyl (C=O) groups excluding carboxylic acids is 2. The Morgan fingerprint density at radius 2 is 1.88 bits per heavy atom. The van der Waals surface area contributed by atoms with Crippen LogP contribution >= 0.6 is 24.8 Å². The third-order valence-corrected chi connectivity index (χ3v) is 4.57. The zero-order chi connectivity index (χ0) is 17.0. The average molecular weight is 399 g/mol. The smallest absolute Gasteiger partial charge is 0.237 e. The van der Waals surface area contributed by atoms with Gasteiger partial charge in [-0.25, -0.2) is 0 Å². The molecular formula is C16H32Cl2N4O3. The summed E-state index contributed by atoms with van der Waals surface area (Å²) in [6.07, 6.45) is 0.367. The molecule has 2 amide bonds. The van der Waals surface area contributed by atoms with E-state index in [1.54, 1.807) is 0 Å². The molecule has 2 aliphatic rings. The third kappa shape index (κ3) is 7.27. The topological polar surface area (TPSA) is 87.9 Å². The van der Waals surface area contributed by atoms with Gasteiger partial charge in [0.1, 0.15) is 0 Å². The van der Waals surface area contributed by atoms with Crippen LogP contribution in [0.3, 0.4) is 0 Å². The van der Waals surface area contributed by atoms with Crippen molar-refractivity contribution < 1.29 is 14.3 Å². The van der Waals surface area contributed by atoms with Gasteiger partial charge in [-0.2, -0.15) is 0 Å². The van der Waals surface area contributed by atoms with Crippen LogP contribution in [0, 0.1) is 5.41 Å². The van der Waals surface area contributed by atoms with E-state index >= 15 is 0 Å². The molecule has 0 saturated carbocycles. The fourth-order valence-electron chi connectivity index (χ4n) is 2.86. The van der Waals surface area contributed by atoms with Gasteiger partial charge in [0.25, 0.3) is 0 Å². The summed E-state index contributed by atoms with van der Waals surface area (Å²) in [6, 6.07) is -0.701. The monoisotopic (exact) mass is 398 g/mol. The number of rotatable bonds is 5. The molecule has 25 heavy (non-hydrogen) atoms. The predicted molar refractivity (Wildman–Crippen MR) is 102 cm³/mol. The molecule has 0 aromatic carbocycles. The van der Waals surface area contributed by atoms with Gasteiger partial charge in [-0.05, 0) is 5.41 Å². The van der Waals surface area contributed by atoms with Crippen LogP contribution in [-0.4, -0.2) is 79.6 Å². The van der Waals surface area contributed by atoms with Crippen molar-refractivity contribution in [3.63, 3.8) is 0 Å². The van der Waals surface area contributed by atoms with Crippen molar-refractivity contribution in [1.29, 1.82) is 0 Å². The number of morpholine rings is 1. The van der Waals surface area contributed by atoms with Gasteiger partial charge < -0.3 is 20.7 Å². The maximum Gasteiger partial charge on any atom is 0.237 e. The molecule has 0 aromatic heterocycles. The van der Waals surface area contributed by atoms with Gasteiger partial charge in [0.05, 0.1) is 25.3 Å². The summed E-state index contributed by atoms with van der Waals surface area (Å²) in [5, 5.41) is 2.92. The number of amides is 2. The Bertz CT molecular complexity index is 440. The minimum Gasteiger partial charge on any atom is -0.379 e. The van der Waals surface area contributed by atoms with Gasteiger partial charge >= 0.3 is 0 Å². The molecule has 0 aromatic rings. The first-order chi connectivity index (χ1) is 10.8. The lowest BCUT2D eigenvalue weighted by atomic mass is 9.87. The van der Waals surface area contributed by atoms with Crippen LogP contribution in [0.15, 0.2) is 0 Å². The van der Waals surface area contributed by atoms with Gasteiger partial charge in [0.15, 0.2) is 0 Å². The highest BCUT2D eigenvalue weighted by atomic mass is 35.5. The molecule has 148 valence electrons. The lowest BCUT2D eigenvalue weighted by molar-refractivity contribution is -0.128. The molecule has 2 fully saturated rings. The molecule has 2 atom stereocenters. The molecule has 9 heteroatoms. The summed E-state index contributed by atoms with van der Waals surface area (Å²) in [6.45, 7) is 11.3. The Kier molecular flexibility index (Phi) is 10.3. The van der Waals surface area contributed by atoms with E-state index < -0.39 is 6.04 Å². The van der Waals surface area contributed by atoms with Gasteiger partial charge in [-0.3, -0.25) is 14.5 Å². The number of likely N-dealkylation sites (tertiary alicyclic amines) is 1. The predicted octanol–water partition coefficient (Wildman–Crippen LogP) is 0.253. The number of nitrogens with two attached hydrogens (primary N) is 1. The molecule has 0 aliphatic carbocycles. The second kappa shape index (κ2) is 10.5. The van der Waals surface area contributed by atoms with Crippen LogP contribution < -0.4 is 11.1 Å². The largest absolute Gasteiger partial charge is 0.379 e. The molecule has 2 heterocycles. The molecule has 3 N–H and O–H groups in total. The van der Waals surface area contributed by atoms with Crippen LogP contribution in [0.25, 0.3) is 0 Å². The van der Waals surface area contributed by atoms with Crippen molar-refractivity contribution in [3.8, 4) is 0 Å². The number of hydrogen-bond acceptors (Lipinski definition) is 5. The Hall–Kier alpha value is -0.600. The van der Waals surface area contributed by atoms with Gasteiger partial charge in [0.2, 0.25) is 11.8 Å². The van der Waals surface area contributed by atoms with Gasteiger partial charge in [-0.1, -0.05) is 20.8 Å². The highest BCUT2D eigenvalue weighted by Crippen LogP contribution is 2.18. The number of ether oxygens (including phenoxy) is 1. The molecule has 2 rings (SSSR count). The maximum absolute atomic E-state index is 12.2. The summed E-state index contributed by atoms with van der Waals surface area (Å²) in [5.41, 5.74) is 5.68. The van der Waals surface area contributed by atoms with Gasteiger partial charge in [0, 0.05) is 39.1 Å². The van der Waals surface area contributed by atoms with Crippen LogP contribution in [0.4, 0.5) is 0 Å². The van der Waals surface area contributed by atoms with Crippen LogP contribution in [0.1, 0.15) is 27.2 Å². The fourth-order valence-corrected chi connectivity index (χ4v) is 2.86. The van der Waals surface area contributed by atoms with E-state index in [0.29, 0.717) is 19.5 Å². The molecule has 0 spiro atoms. The summed E-state index contributed by atoms with van der Waals surface area (Å²) in [5.74, 6) is -0.0711. The summed E-state index contributed by atoms with van der Waals surface area (Å²) >= 11 is 0. The quantitative estimate of drug-likeness (QED) is 0.692. The van der Waals surface area contributed by atoms with Crippen molar-refractivity contribution in [1.82, 2.24) is 15.1 Å².